The summed E-state index contributed by atoms with van der Waals surface area (Å²) in [6, 6.07) is 0. The van der Waals surface area contributed by atoms with Crippen molar-refractivity contribution in [2.24, 2.45) is 0 Å². The molecule has 2 N–H and O–H groups in total. The highest BCUT2D eigenvalue weighted by Gasteiger charge is 2.19. The molecule has 2 heterocycles. The van der Waals surface area contributed by atoms with E-state index in [2.05, 4.69) is 9.97 Å². The molecule has 7 heteroatoms. The second-order valence-corrected chi connectivity index (χ2v) is 4.71. The predicted molar refractivity (Wildman–Crippen MR) is 73.2 cm³/mol. The Balaban J connectivity index is 2.14. The van der Waals surface area contributed by atoms with Gasteiger partial charge in [-0.15, -0.1) is 11.3 Å². The number of hydrogen-bond donors (Lipinski definition) is 1. The summed E-state index contributed by atoms with van der Waals surface area (Å²) in [7, 11) is 0. The fraction of sp³-hybridized carbons (Fsp3) is 0.417. The number of hydrogen-bond acceptors (Lipinski definition) is 6. The van der Waals surface area contributed by atoms with Gasteiger partial charge >= 0.3 is 5.97 Å². The highest BCUT2D eigenvalue weighted by molar-refractivity contribution is 7.07. The van der Waals surface area contributed by atoms with Gasteiger partial charge in [-0.25, -0.2) is 14.8 Å². The zero-order valence-corrected chi connectivity index (χ0v) is 11.7. The Morgan fingerprint density at radius 3 is 3.00 bits per heavy atom. The number of imidazole rings is 1. The van der Waals surface area contributed by atoms with Crippen LogP contribution in [-0.2, 0) is 17.7 Å². The van der Waals surface area contributed by atoms with Gasteiger partial charge in [0, 0.05) is 18.3 Å². The standard InChI is InChI=1S/C12H16N4O2S/c1-3-18-12(17)10-11(13)16(8(2)15-10)5-4-9-6-19-7-14-9/h6-7H,3-5,13H2,1-2H3. The molecule has 0 amide bonds. The van der Waals surface area contributed by atoms with Gasteiger partial charge in [-0.2, -0.15) is 0 Å². The summed E-state index contributed by atoms with van der Waals surface area (Å²) in [5.41, 5.74) is 8.95. The van der Waals surface area contributed by atoms with E-state index >= 15 is 0 Å². The Kier molecular flexibility index (Phi) is 4.16. The van der Waals surface area contributed by atoms with Gasteiger partial charge in [-0.3, -0.25) is 0 Å². The van der Waals surface area contributed by atoms with E-state index in [1.807, 2.05) is 16.9 Å². The van der Waals surface area contributed by atoms with Gasteiger partial charge in [0.15, 0.2) is 5.69 Å². The van der Waals surface area contributed by atoms with E-state index in [1.54, 1.807) is 23.8 Å². The Bertz CT molecular complexity index is 563. The minimum atomic E-state index is -0.476. The predicted octanol–water partition coefficient (Wildman–Crippen LogP) is 1.65. The fourth-order valence-electron chi connectivity index (χ4n) is 1.80. The smallest absolute Gasteiger partial charge is 0.360 e. The van der Waals surface area contributed by atoms with Crippen LogP contribution in [0.3, 0.4) is 0 Å². The second kappa shape index (κ2) is 5.83. The highest BCUT2D eigenvalue weighted by atomic mass is 32.1. The number of carbonyl (C=O) groups is 1. The molecule has 0 aliphatic carbocycles. The normalized spacial score (nSPS) is 10.6. The minimum Gasteiger partial charge on any atom is -0.461 e. The number of anilines is 1. The third kappa shape index (κ3) is 2.93. The van der Waals surface area contributed by atoms with Crippen LogP contribution in [0.25, 0.3) is 0 Å². The van der Waals surface area contributed by atoms with Crippen molar-refractivity contribution >= 4 is 23.1 Å². The summed E-state index contributed by atoms with van der Waals surface area (Å²) in [6.45, 7) is 4.52. The molecule has 0 saturated carbocycles. The number of rotatable bonds is 5. The molecule has 0 aliphatic rings. The van der Waals surface area contributed by atoms with Crippen LogP contribution in [0.2, 0.25) is 0 Å². The topological polar surface area (TPSA) is 83.0 Å². The number of esters is 1. The van der Waals surface area contributed by atoms with Crippen molar-refractivity contribution in [3.63, 3.8) is 0 Å². The molecule has 102 valence electrons. The van der Waals surface area contributed by atoms with E-state index < -0.39 is 5.97 Å². The largest absolute Gasteiger partial charge is 0.461 e. The molecular formula is C12H16N4O2S. The number of nitrogens with zero attached hydrogens (tertiary/aromatic N) is 3. The maximum absolute atomic E-state index is 11.7. The van der Waals surface area contributed by atoms with Crippen LogP contribution in [0.4, 0.5) is 5.82 Å². The van der Waals surface area contributed by atoms with E-state index in [4.69, 9.17) is 10.5 Å². The van der Waals surface area contributed by atoms with Crippen LogP contribution in [0.1, 0.15) is 28.9 Å². The van der Waals surface area contributed by atoms with Gasteiger partial charge in [0.25, 0.3) is 0 Å². The average molecular weight is 280 g/mol. The minimum absolute atomic E-state index is 0.192. The number of nitrogen functional groups attached to an aromatic ring is 1. The van der Waals surface area contributed by atoms with Crippen molar-refractivity contribution in [3.8, 4) is 0 Å². The molecule has 19 heavy (non-hydrogen) atoms. The van der Waals surface area contributed by atoms with E-state index in [9.17, 15) is 4.79 Å². The maximum Gasteiger partial charge on any atom is 0.360 e. The molecule has 0 fully saturated rings. The van der Waals surface area contributed by atoms with E-state index in [0.717, 1.165) is 12.1 Å². The van der Waals surface area contributed by atoms with Gasteiger partial charge in [0.2, 0.25) is 0 Å². The molecule has 0 aliphatic heterocycles. The quantitative estimate of drug-likeness (QED) is 0.842. The highest BCUT2D eigenvalue weighted by Crippen LogP contribution is 2.16. The van der Waals surface area contributed by atoms with Gasteiger partial charge in [0.05, 0.1) is 17.8 Å². The third-order valence-corrected chi connectivity index (χ3v) is 3.38. The molecule has 6 nitrogen and oxygen atoms in total. The first-order valence-electron chi connectivity index (χ1n) is 6.00. The van der Waals surface area contributed by atoms with E-state index in [1.165, 1.54) is 0 Å². The molecule has 0 spiro atoms. The summed E-state index contributed by atoms with van der Waals surface area (Å²) < 4.78 is 6.73. The lowest BCUT2D eigenvalue weighted by Crippen LogP contribution is -2.11. The van der Waals surface area contributed by atoms with Crippen molar-refractivity contribution in [1.29, 1.82) is 0 Å². The maximum atomic E-state index is 11.7. The van der Waals surface area contributed by atoms with Crippen molar-refractivity contribution in [1.82, 2.24) is 14.5 Å². The van der Waals surface area contributed by atoms with Gasteiger partial charge < -0.3 is 15.0 Å². The molecule has 0 atom stereocenters. The Morgan fingerprint density at radius 1 is 1.58 bits per heavy atom. The van der Waals surface area contributed by atoms with Crippen molar-refractivity contribution in [2.45, 2.75) is 26.8 Å². The Hall–Kier alpha value is -1.89. The fourth-order valence-corrected chi connectivity index (χ4v) is 2.39. The molecular weight excluding hydrogens is 264 g/mol. The van der Waals surface area contributed by atoms with Crippen LogP contribution in [0.5, 0.6) is 0 Å². The van der Waals surface area contributed by atoms with E-state index in [-0.39, 0.29) is 5.69 Å². The molecule has 2 aromatic rings. The van der Waals surface area contributed by atoms with Gasteiger partial charge in [0.1, 0.15) is 11.6 Å². The number of thiazole rings is 1. The lowest BCUT2D eigenvalue weighted by Gasteiger charge is -2.06. The van der Waals surface area contributed by atoms with Crippen LogP contribution in [0, 0.1) is 6.92 Å². The molecule has 0 saturated heterocycles. The van der Waals surface area contributed by atoms with Gasteiger partial charge in [-0.05, 0) is 13.8 Å². The monoisotopic (exact) mass is 280 g/mol. The number of nitrogens with two attached hydrogens (primary N) is 1. The molecule has 0 unspecified atom stereocenters. The first kappa shape index (κ1) is 13.5. The molecule has 2 rings (SSSR count). The third-order valence-electron chi connectivity index (χ3n) is 2.74. The number of ether oxygens (including phenoxy) is 1. The van der Waals surface area contributed by atoms with Crippen molar-refractivity contribution in [2.75, 3.05) is 12.3 Å². The molecule has 0 aromatic carbocycles. The Morgan fingerprint density at radius 2 is 2.37 bits per heavy atom. The van der Waals surface area contributed by atoms with E-state index in [0.29, 0.717) is 24.8 Å². The number of aromatic nitrogens is 3. The van der Waals surface area contributed by atoms with Crippen LogP contribution < -0.4 is 5.73 Å². The summed E-state index contributed by atoms with van der Waals surface area (Å²) >= 11 is 1.56. The summed E-state index contributed by atoms with van der Waals surface area (Å²) in [6.07, 6.45) is 0.757. The second-order valence-electron chi connectivity index (χ2n) is 3.99. The van der Waals surface area contributed by atoms with Crippen molar-refractivity contribution in [3.05, 3.63) is 28.1 Å². The summed E-state index contributed by atoms with van der Waals surface area (Å²) in [5.74, 6) is 0.581. The molecule has 0 bridgehead atoms. The first-order chi connectivity index (χ1) is 9.13. The summed E-state index contributed by atoms with van der Waals surface area (Å²) in [5, 5.41) is 1.99. The summed E-state index contributed by atoms with van der Waals surface area (Å²) in [4.78, 5) is 20.1. The zero-order valence-electron chi connectivity index (χ0n) is 10.9. The lowest BCUT2D eigenvalue weighted by atomic mass is 10.3. The SMILES string of the molecule is CCOC(=O)c1nc(C)n(CCc2cscn2)c1N. The average Bonchev–Trinajstić information content (AvgIpc) is 2.97. The van der Waals surface area contributed by atoms with Crippen LogP contribution >= 0.6 is 11.3 Å². The number of aryl methyl sites for hydroxylation is 2. The van der Waals surface area contributed by atoms with Crippen molar-refractivity contribution < 1.29 is 9.53 Å². The zero-order chi connectivity index (χ0) is 13.8. The number of carbonyl (C=O) groups excluding carboxylic acids is 1. The Labute approximate surface area is 115 Å². The first-order valence-corrected chi connectivity index (χ1v) is 6.94. The van der Waals surface area contributed by atoms with Gasteiger partial charge in [-0.1, -0.05) is 0 Å². The molecule has 2 aromatic heterocycles. The van der Waals surface area contributed by atoms with Crippen LogP contribution in [0.15, 0.2) is 10.9 Å². The molecule has 0 radical (unpaired) electrons. The lowest BCUT2D eigenvalue weighted by molar-refractivity contribution is 0.0521. The van der Waals surface area contributed by atoms with Crippen LogP contribution in [-0.4, -0.2) is 27.1 Å².